The molecule has 0 saturated carbocycles. The lowest BCUT2D eigenvalue weighted by atomic mass is 10.1. The van der Waals surface area contributed by atoms with E-state index in [1.54, 1.807) is 0 Å². The van der Waals surface area contributed by atoms with Crippen LogP contribution in [0.15, 0.2) is 53.3 Å². The average Bonchev–Trinajstić information content (AvgIpc) is 2.51. The van der Waals surface area contributed by atoms with Gasteiger partial charge in [0, 0.05) is 11.3 Å². The number of aromatic amines is 1. The molecule has 0 aliphatic carbocycles. The molecule has 3 rings (SSSR count). The summed E-state index contributed by atoms with van der Waals surface area (Å²) in [6, 6.07) is 15.3. The Morgan fingerprint density at radius 2 is 1.77 bits per heavy atom. The molecule has 0 unspecified atom stereocenters. The van der Waals surface area contributed by atoms with E-state index in [0.717, 1.165) is 16.8 Å². The molecule has 0 aliphatic rings. The molecule has 22 heavy (non-hydrogen) atoms. The van der Waals surface area contributed by atoms with Crippen molar-refractivity contribution >= 4 is 11.6 Å². The second kappa shape index (κ2) is 5.81. The van der Waals surface area contributed by atoms with E-state index in [9.17, 15) is 4.79 Å². The van der Waals surface area contributed by atoms with Crippen molar-refractivity contribution < 1.29 is 0 Å². The van der Waals surface area contributed by atoms with Crippen molar-refractivity contribution in [2.45, 2.75) is 13.8 Å². The lowest BCUT2D eigenvalue weighted by Crippen LogP contribution is -2.15. The fraction of sp³-hybridized carbons (Fsp3) is 0.118. The molecule has 2 N–H and O–H groups in total. The van der Waals surface area contributed by atoms with Crippen LogP contribution in [0, 0.1) is 13.8 Å². The molecule has 1 heterocycles. The molecule has 5 heteroatoms. The summed E-state index contributed by atoms with van der Waals surface area (Å²) in [7, 11) is 0. The Morgan fingerprint density at radius 3 is 2.45 bits per heavy atom. The van der Waals surface area contributed by atoms with Crippen molar-refractivity contribution in [3.63, 3.8) is 0 Å². The number of nitrogens with zero attached hydrogens (tertiary/aromatic N) is 2. The summed E-state index contributed by atoms with van der Waals surface area (Å²) in [6.45, 7) is 4.03. The van der Waals surface area contributed by atoms with Crippen molar-refractivity contribution in [1.29, 1.82) is 0 Å². The summed E-state index contributed by atoms with van der Waals surface area (Å²) < 4.78 is 0. The van der Waals surface area contributed by atoms with Crippen LogP contribution in [0.25, 0.3) is 11.3 Å². The van der Waals surface area contributed by atoms with Crippen molar-refractivity contribution in [2.75, 3.05) is 5.32 Å². The molecule has 0 radical (unpaired) electrons. The van der Waals surface area contributed by atoms with E-state index >= 15 is 0 Å². The van der Waals surface area contributed by atoms with E-state index in [1.807, 2.05) is 56.3 Å². The molecule has 3 aromatic rings. The quantitative estimate of drug-likeness (QED) is 0.777. The Balaban J connectivity index is 1.91. The first-order valence-corrected chi connectivity index (χ1v) is 7.00. The molecular formula is C17H16N4O. The average molecular weight is 292 g/mol. The second-order valence-corrected chi connectivity index (χ2v) is 5.16. The first-order valence-electron chi connectivity index (χ1n) is 7.00. The van der Waals surface area contributed by atoms with Gasteiger partial charge in [-0.3, -0.25) is 9.78 Å². The van der Waals surface area contributed by atoms with Gasteiger partial charge >= 0.3 is 0 Å². The monoisotopic (exact) mass is 292 g/mol. The van der Waals surface area contributed by atoms with Crippen LogP contribution in [0.1, 0.15) is 11.1 Å². The van der Waals surface area contributed by atoms with Crippen LogP contribution in [0.3, 0.4) is 0 Å². The minimum atomic E-state index is -0.270. The summed E-state index contributed by atoms with van der Waals surface area (Å²) in [5, 5.41) is 11.2. The molecule has 1 aromatic heterocycles. The lowest BCUT2D eigenvalue weighted by Gasteiger charge is -2.09. The van der Waals surface area contributed by atoms with Crippen molar-refractivity contribution in [3.8, 4) is 11.3 Å². The Kier molecular flexibility index (Phi) is 3.70. The highest BCUT2D eigenvalue weighted by Gasteiger charge is 2.08. The normalized spacial score (nSPS) is 10.5. The van der Waals surface area contributed by atoms with E-state index in [4.69, 9.17) is 0 Å². The Hall–Kier alpha value is -2.95. The topological polar surface area (TPSA) is 70.7 Å². The molecular weight excluding hydrogens is 276 g/mol. The van der Waals surface area contributed by atoms with Crippen LogP contribution in [-0.4, -0.2) is 15.2 Å². The molecule has 2 aromatic carbocycles. The van der Waals surface area contributed by atoms with Gasteiger partial charge in [0.25, 0.3) is 5.56 Å². The number of aromatic nitrogens is 3. The summed E-state index contributed by atoms with van der Waals surface area (Å²) in [6.07, 6.45) is 0. The fourth-order valence-corrected chi connectivity index (χ4v) is 2.26. The van der Waals surface area contributed by atoms with Gasteiger partial charge in [-0.2, -0.15) is 0 Å². The summed E-state index contributed by atoms with van der Waals surface area (Å²) in [5.74, 6) is 0.330. The molecule has 0 fully saturated rings. The van der Waals surface area contributed by atoms with Gasteiger partial charge in [-0.1, -0.05) is 48.0 Å². The van der Waals surface area contributed by atoms with Crippen LogP contribution >= 0.6 is 0 Å². The molecule has 110 valence electrons. The number of hydrogen-bond donors (Lipinski definition) is 2. The SMILES string of the molecule is Cc1ccc(Nc2nnc(-c3ccccc3)c(=O)[nH]2)c(C)c1. The van der Waals surface area contributed by atoms with Crippen LogP contribution in [0.4, 0.5) is 11.6 Å². The van der Waals surface area contributed by atoms with E-state index in [0.29, 0.717) is 11.6 Å². The minimum Gasteiger partial charge on any atom is -0.324 e. The van der Waals surface area contributed by atoms with Crippen molar-refractivity contribution in [3.05, 3.63) is 70.0 Å². The number of benzene rings is 2. The number of H-pyrrole nitrogens is 1. The third-order valence-electron chi connectivity index (χ3n) is 3.38. The van der Waals surface area contributed by atoms with Gasteiger partial charge in [-0.25, -0.2) is 0 Å². The minimum absolute atomic E-state index is 0.270. The third kappa shape index (κ3) is 2.88. The van der Waals surface area contributed by atoms with Gasteiger partial charge < -0.3 is 5.32 Å². The van der Waals surface area contributed by atoms with E-state index in [-0.39, 0.29) is 5.56 Å². The highest BCUT2D eigenvalue weighted by atomic mass is 16.1. The largest absolute Gasteiger partial charge is 0.324 e. The number of nitrogens with one attached hydrogen (secondary N) is 2. The molecule has 0 spiro atoms. The van der Waals surface area contributed by atoms with Crippen LogP contribution in [0.2, 0.25) is 0 Å². The van der Waals surface area contributed by atoms with Crippen LogP contribution in [-0.2, 0) is 0 Å². The molecule has 0 atom stereocenters. The third-order valence-corrected chi connectivity index (χ3v) is 3.38. The first kappa shape index (κ1) is 14.0. The number of rotatable bonds is 3. The van der Waals surface area contributed by atoms with Crippen molar-refractivity contribution in [2.24, 2.45) is 0 Å². The van der Waals surface area contributed by atoms with Crippen molar-refractivity contribution in [1.82, 2.24) is 15.2 Å². The predicted octanol–water partition coefficient (Wildman–Crippen LogP) is 3.19. The summed E-state index contributed by atoms with van der Waals surface area (Å²) in [5.41, 5.74) is 3.94. The van der Waals surface area contributed by atoms with E-state index < -0.39 is 0 Å². The molecule has 5 nitrogen and oxygen atoms in total. The van der Waals surface area contributed by atoms with Gasteiger partial charge in [0.2, 0.25) is 5.95 Å². The zero-order chi connectivity index (χ0) is 15.5. The number of anilines is 2. The number of hydrogen-bond acceptors (Lipinski definition) is 4. The fourth-order valence-electron chi connectivity index (χ4n) is 2.26. The van der Waals surface area contributed by atoms with E-state index in [1.165, 1.54) is 5.56 Å². The summed E-state index contributed by atoms with van der Waals surface area (Å²) >= 11 is 0. The maximum absolute atomic E-state index is 12.2. The standard InChI is InChI=1S/C17H16N4O/c1-11-8-9-14(12(2)10-11)18-17-19-16(22)15(20-21-17)13-6-4-3-5-7-13/h3-10H,1-2H3,(H2,18,19,21,22). The van der Waals surface area contributed by atoms with Crippen LogP contribution in [0.5, 0.6) is 0 Å². The van der Waals surface area contributed by atoms with E-state index in [2.05, 4.69) is 26.6 Å². The van der Waals surface area contributed by atoms with Gasteiger partial charge in [0.1, 0.15) is 0 Å². The molecule has 0 saturated heterocycles. The Bertz CT molecular complexity index is 856. The predicted molar refractivity (Wildman–Crippen MR) is 87.3 cm³/mol. The number of aryl methyl sites for hydroxylation is 2. The Morgan fingerprint density at radius 1 is 1.00 bits per heavy atom. The highest BCUT2D eigenvalue weighted by molar-refractivity contribution is 5.60. The Labute approximate surface area is 128 Å². The zero-order valence-electron chi connectivity index (χ0n) is 12.4. The smallest absolute Gasteiger partial charge is 0.279 e. The highest BCUT2D eigenvalue weighted by Crippen LogP contribution is 2.19. The lowest BCUT2D eigenvalue weighted by molar-refractivity contribution is 0.961. The van der Waals surface area contributed by atoms with Gasteiger partial charge in [0.05, 0.1) is 0 Å². The van der Waals surface area contributed by atoms with Gasteiger partial charge in [-0.05, 0) is 25.5 Å². The second-order valence-electron chi connectivity index (χ2n) is 5.16. The molecule has 0 bridgehead atoms. The maximum atomic E-state index is 12.2. The van der Waals surface area contributed by atoms with Crippen LogP contribution < -0.4 is 10.9 Å². The molecule has 0 aliphatic heterocycles. The molecule has 0 amide bonds. The van der Waals surface area contributed by atoms with Gasteiger partial charge in [0.15, 0.2) is 5.69 Å². The van der Waals surface area contributed by atoms with Gasteiger partial charge in [-0.15, -0.1) is 10.2 Å². The summed E-state index contributed by atoms with van der Waals surface area (Å²) in [4.78, 5) is 14.9. The first-order chi connectivity index (χ1) is 10.6. The maximum Gasteiger partial charge on any atom is 0.279 e. The zero-order valence-corrected chi connectivity index (χ0v) is 12.4.